The van der Waals surface area contributed by atoms with Crippen molar-refractivity contribution in [2.45, 2.75) is 19.8 Å². The molecule has 0 bridgehead atoms. The highest BCUT2D eigenvalue weighted by Crippen LogP contribution is 2.35. The van der Waals surface area contributed by atoms with Crippen LogP contribution in [0, 0.1) is 12.8 Å². The number of ether oxygens (including phenoxy) is 1. The Morgan fingerprint density at radius 3 is 2.82 bits per heavy atom. The average molecular weight is 482 g/mol. The van der Waals surface area contributed by atoms with Crippen LogP contribution in [0.3, 0.4) is 0 Å². The fraction of sp³-hybridized carbons (Fsp3) is 0.292. The first-order valence-corrected chi connectivity index (χ1v) is 12.0. The van der Waals surface area contributed by atoms with E-state index in [1.165, 1.54) is 0 Å². The van der Waals surface area contributed by atoms with Crippen molar-refractivity contribution in [2.75, 3.05) is 30.4 Å². The summed E-state index contributed by atoms with van der Waals surface area (Å²) in [6.07, 6.45) is 1.77. The van der Waals surface area contributed by atoms with Gasteiger partial charge in [0.05, 0.1) is 34.1 Å². The third-order valence-corrected chi connectivity index (χ3v) is 7.37. The van der Waals surface area contributed by atoms with Gasteiger partial charge in [0.2, 0.25) is 5.91 Å². The minimum atomic E-state index is -0.127. The zero-order valence-corrected chi connectivity index (χ0v) is 20.0. The van der Waals surface area contributed by atoms with Crippen LogP contribution in [0.2, 0.25) is 5.02 Å². The van der Waals surface area contributed by atoms with Gasteiger partial charge in [-0.2, -0.15) is 10.1 Å². The topological polar surface area (TPSA) is 72.3 Å². The Morgan fingerprint density at radius 2 is 2.06 bits per heavy atom. The standard InChI is InChI=1S/C24H24ClN5O2S/c1-15-21-22(30(28-15)18-8-4-3-5-9-18)27-24(33-21)29-12-6-7-16(14-29)23(31)26-17-10-11-20(32-2)19(25)13-17/h3-5,8-11,13,16H,6-7,12,14H2,1-2H3,(H,26,31)/t16-/m0/s1. The molecule has 0 saturated carbocycles. The lowest BCUT2D eigenvalue weighted by Crippen LogP contribution is -2.40. The molecule has 0 unspecified atom stereocenters. The molecule has 2 aromatic heterocycles. The zero-order chi connectivity index (χ0) is 22.9. The van der Waals surface area contributed by atoms with Gasteiger partial charge in [-0.25, -0.2) is 4.68 Å². The van der Waals surface area contributed by atoms with E-state index in [0.29, 0.717) is 23.0 Å². The van der Waals surface area contributed by atoms with E-state index in [-0.39, 0.29) is 11.8 Å². The van der Waals surface area contributed by atoms with Crippen molar-refractivity contribution in [3.05, 3.63) is 59.2 Å². The highest BCUT2D eigenvalue weighted by Gasteiger charge is 2.28. The number of hydrogen-bond acceptors (Lipinski definition) is 6. The molecule has 170 valence electrons. The van der Waals surface area contributed by atoms with Gasteiger partial charge < -0.3 is 15.0 Å². The normalized spacial score (nSPS) is 16.2. The number of amides is 1. The molecule has 9 heteroatoms. The molecule has 33 heavy (non-hydrogen) atoms. The SMILES string of the molecule is COc1ccc(NC(=O)[C@H]2CCCN(c3nc4c(s3)c(C)nn4-c3ccccc3)C2)cc1Cl. The molecule has 1 amide bonds. The number of benzene rings is 2. The fourth-order valence-electron chi connectivity index (χ4n) is 4.16. The lowest BCUT2D eigenvalue weighted by Gasteiger charge is -2.31. The van der Waals surface area contributed by atoms with E-state index in [9.17, 15) is 4.79 Å². The summed E-state index contributed by atoms with van der Waals surface area (Å²) in [6.45, 7) is 3.52. The van der Waals surface area contributed by atoms with Crippen molar-refractivity contribution in [2.24, 2.45) is 5.92 Å². The summed E-state index contributed by atoms with van der Waals surface area (Å²) in [5.74, 6) is 0.450. The zero-order valence-electron chi connectivity index (χ0n) is 18.4. The van der Waals surface area contributed by atoms with E-state index in [4.69, 9.17) is 21.3 Å². The minimum absolute atomic E-state index is 0.00585. The second-order valence-electron chi connectivity index (χ2n) is 8.11. The van der Waals surface area contributed by atoms with E-state index in [2.05, 4.69) is 15.3 Å². The molecule has 1 aliphatic rings. The summed E-state index contributed by atoms with van der Waals surface area (Å²) in [5.41, 5.74) is 3.47. The van der Waals surface area contributed by atoms with Crippen LogP contribution in [-0.2, 0) is 4.79 Å². The highest BCUT2D eigenvalue weighted by molar-refractivity contribution is 7.22. The Morgan fingerprint density at radius 1 is 1.24 bits per heavy atom. The third kappa shape index (κ3) is 4.28. The van der Waals surface area contributed by atoms with E-state index in [1.54, 1.807) is 36.6 Å². The summed E-state index contributed by atoms with van der Waals surface area (Å²) >= 11 is 7.84. The number of piperidine rings is 1. The molecule has 7 nitrogen and oxygen atoms in total. The molecule has 2 aromatic carbocycles. The molecule has 1 N–H and O–H groups in total. The van der Waals surface area contributed by atoms with Gasteiger partial charge in [0.15, 0.2) is 10.8 Å². The number of carbonyl (C=O) groups is 1. The van der Waals surface area contributed by atoms with Gasteiger partial charge in [0, 0.05) is 18.8 Å². The van der Waals surface area contributed by atoms with Gasteiger partial charge in [-0.1, -0.05) is 41.1 Å². The van der Waals surface area contributed by atoms with Crippen LogP contribution in [0.1, 0.15) is 18.5 Å². The number of aromatic nitrogens is 3. The molecule has 0 radical (unpaired) electrons. The van der Waals surface area contributed by atoms with Gasteiger partial charge in [0.25, 0.3) is 0 Å². The van der Waals surface area contributed by atoms with E-state index in [1.807, 2.05) is 41.9 Å². The second-order valence-corrected chi connectivity index (χ2v) is 9.49. The third-order valence-electron chi connectivity index (χ3n) is 5.86. The summed E-state index contributed by atoms with van der Waals surface area (Å²) in [4.78, 5) is 20.1. The number of thiazole rings is 1. The molecule has 1 fully saturated rings. The Labute approximate surface area is 200 Å². The van der Waals surface area contributed by atoms with Crippen LogP contribution in [-0.4, -0.2) is 40.9 Å². The van der Waals surface area contributed by atoms with Gasteiger partial charge in [-0.15, -0.1) is 0 Å². The number of hydrogen-bond donors (Lipinski definition) is 1. The van der Waals surface area contributed by atoms with Crippen LogP contribution in [0.15, 0.2) is 48.5 Å². The van der Waals surface area contributed by atoms with Gasteiger partial charge >= 0.3 is 0 Å². The first-order chi connectivity index (χ1) is 16.0. The van der Waals surface area contributed by atoms with Crippen molar-refractivity contribution in [1.29, 1.82) is 0 Å². The van der Waals surface area contributed by atoms with Crippen LogP contribution < -0.4 is 15.0 Å². The molecule has 0 aliphatic carbocycles. The first-order valence-electron chi connectivity index (χ1n) is 10.8. The van der Waals surface area contributed by atoms with Crippen LogP contribution in [0.5, 0.6) is 5.75 Å². The van der Waals surface area contributed by atoms with E-state index in [0.717, 1.165) is 46.2 Å². The number of para-hydroxylation sites is 1. The maximum atomic E-state index is 13.0. The minimum Gasteiger partial charge on any atom is -0.495 e. The Kier molecular flexibility index (Phi) is 5.95. The Bertz CT molecular complexity index is 1300. The molecule has 3 heterocycles. The largest absolute Gasteiger partial charge is 0.495 e. The maximum absolute atomic E-state index is 13.0. The van der Waals surface area contributed by atoms with Crippen molar-refractivity contribution in [1.82, 2.24) is 14.8 Å². The summed E-state index contributed by atoms with van der Waals surface area (Å²) in [5, 5.41) is 9.08. The Hall–Kier alpha value is -3.10. The predicted octanol–water partition coefficient (Wildman–Crippen LogP) is 5.31. The van der Waals surface area contributed by atoms with Crippen molar-refractivity contribution in [3.63, 3.8) is 0 Å². The molecule has 1 atom stereocenters. The second kappa shape index (κ2) is 9.03. The smallest absolute Gasteiger partial charge is 0.229 e. The number of nitrogens with one attached hydrogen (secondary N) is 1. The maximum Gasteiger partial charge on any atom is 0.229 e. The number of methoxy groups -OCH3 is 1. The summed E-state index contributed by atoms with van der Waals surface area (Å²) < 4.78 is 8.16. The van der Waals surface area contributed by atoms with Gasteiger partial charge in [-0.05, 0) is 50.1 Å². The van der Waals surface area contributed by atoms with Crippen molar-refractivity contribution < 1.29 is 9.53 Å². The van der Waals surface area contributed by atoms with Gasteiger partial charge in [0.1, 0.15) is 5.75 Å². The molecule has 5 rings (SSSR count). The van der Waals surface area contributed by atoms with Crippen LogP contribution >= 0.6 is 22.9 Å². The van der Waals surface area contributed by atoms with Crippen LogP contribution in [0.4, 0.5) is 10.8 Å². The van der Waals surface area contributed by atoms with Crippen molar-refractivity contribution >= 4 is 50.0 Å². The number of nitrogens with zero attached hydrogens (tertiary/aromatic N) is 4. The number of halogens is 1. The number of aryl methyl sites for hydroxylation is 1. The van der Waals surface area contributed by atoms with Crippen LogP contribution in [0.25, 0.3) is 16.0 Å². The summed E-state index contributed by atoms with van der Waals surface area (Å²) in [7, 11) is 1.57. The molecule has 0 spiro atoms. The summed E-state index contributed by atoms with van der Waals surface area (Å²) in [6, 6.07) is 15.3. The van der Waals surface area contributed by atoms with E-state index >= 15 is 0 Å². The molecular weight excluding hydrogens is 458 g/mol. The highest BCUT2D eigenvalue weighted by atomic mass is 35.5. The fourth-order valence-corrected chi connectivity index (χ4v) is 5.44. The molecule has 4 aromatic rings. The quantitative estimate of drug-likeness (QED) is 0.418. The molecule has 1 saturated heterocycles. The predicted molar refractivity (Wildman–Crippen MR) is 133 cm³/mol. The number of carbonyl (C=O) groups excluding carboxylic acids is 1. The number of anilines is 2. The van der Waals surface area contributed by atoms with E-state index < -0.39 is 0 Å². The Balaban J connectivity index is 1.34. The monoisotopic (exact) mass is 481 g/mol. The number of fused-ring (bicyclic) bond motifs is 1. The molecular formula is C24H24ClN5O2S. The average Bonchev–Trinajstić information content (AvgIpc) is 3.40. The molecule has 1 aliphatic heterocycles. The number of rotatable bonds is 5. The van der Waals surface area contributed by atoms with Gasteiger partial charge in [-0.3, -0.25) is 4.79 Å². The first kappa shape index (κ1) is 21.7. The lowest BCUT2D eigenvalue weighted by molar-refractivity contribution is -0.120. The van der Waals surface area contributed by atoms with Crippen molar-refractivity contribution in [3.8, 4) is 11.4 Å². The lowest BCUT2D eigenvalue weighted by atomic mass is 9.97.